The van der Waals surface area contributed by atoms with Gasteiger partial charge in [-0.1, -0.05) is 0 Å². The van der Waals surface area contributed by atoms with Crippen molar-refractivity contribution in [2.45, 2.75) is 6.92 Å². The Balaban J connectivity index is 2.03. The SMILES string of the molecule is COc1ccc2nc(N3CCNCC3)cc(C)c2c1. The molecule has 1 aromatic heterocycles. The Morgan fingerprint density at radius 3 is 2.74 bits per heavy atom. The molecule has 1 saturated heterocycles. The standard InChI is InChI=1S/C15H19N3O/c1-11-9-15(18-7-5-16-6-8-18)17-14-4-3-12(19-2)10-13(11)14/h3-4,9-10,16H,5-8H2,1-2H3. The first-order chi connectivity index (χ1) is 9.28. The summed E-state index contributed by atoms with van der Waals surface area (Å²) in [5.74, 6) is 1.96. The summed E-state index contributed by atoms with van der Waals surface area (Å²) in [5.41, 5.74) is 2.28. The van der Waals surface area contributed by atoms with E-state index in [-0.39, 0.29) is 0 Å². The zero-order chi connectivity index (χ0) is 13.2. The zero-order valence-electron chi connectivity index (χ0n) is 11.4. The average Bonchev–Trinajstić information content (AvgIpc) is 2.48. The highest BCUT2D eigenvalue weighted by Crippen LogP contribution is 2.26. The van der Waals surface area contributed by atoms with E-state index >= 15 is 0 Å². The molecule has 1 aromatic carbocycles. The van der Waals surface area contributed by atoms with E-state index in [4.69, 9.17) is 9.72 Å². The number of aromatic nitrogens is 1. The summed E-state index contributed by atoms with van der Waals surface area (Å²) in [7, 11) is 1.69. The Kier molecular flexibility index (Phi) is 3.25. The van der Waals surface area contributed by atoms with Gasteiger partial charge in [-0.25, -0.2) is 4.98 Å². The molecule has 1 fully saturated rings. The smallest absolute Gasteiger partial charge is 0.129 e. The molecule has 0 radical (unpaired) electrons. The number of pyridine rings is 1. The van der Waals surface area contributed by atoms with Crippen molar-refractivity contribution in [3.8, 4) is 5.75 Å². The number of ether oxygens (including phenoxy) is 1. The zero-order valence-corrected chi connectivity index (χ0v) is 11.4. The lowest BCUT2D eigenvalue weighted by Crippen LogP contribution is -2.43. The minimum atomic E-state index is 0.882. The second-order valence-corrected chi connectivity index (χ2v) is 4.92. The number of nitrogens with zero attached hydrogens (tertiary/aromatic N) is 2. The molecule has 3 rings (SSSR count). The van der Waals surface area contributed by atoms with Gasteiger partial charge in [0.15, 0.2) is 0 Å². The Morgan fingerprint density at radius 2 is 2.00 bits per heavy atom. The van der Waals surface area contributed by atoms with Crippen LogP contribution < -0.4 is 15.0 Å². The highest BCUT2D eigenvalue weighted by molar-refractivity contribution is 5.85. The number of fused-ring (bicyclic) bond motifs is 1. The molecule has 0 spiro atoms. The number of anilines is 1. The van der Waals surface area contributed by atoms with Crippen LogP contribution in [0.25, 0.3) is 10.9 Å². The third-order valence-corrected chi connectivity index (χ3v) is 3.65. The number of hydrogen-bond donors (Lipinski definition) is 1. The second kappa shape index (κ2) is 5.05. The lowest BCUT2D eigenvalue weighted by molar-refractivity contribution is 0.415. The minimum Gasteiger partial charge on any atom is -0.497 e. The molecule has 0 saturated carbocycles. The number of rotatable bonds is 2. The summed E-state index contributed by atoms with van der Waals surface area (Å²) >= 11 is 0. The highest BCUT2D eigenvalue weighted by atomic mass is 16.5. The van der Waals surface area contributed by atoms with E-state index in [1.165, 1.54) is 10.9 Å². The van der Waals surface area contributed by atoms with Crippen molar-refractivity contribution in [1.82, 2.24) is 10.3 Å². The van der Waals surface area contributed by atoms with Gasteiger partial charge in [-0.05, 0) is 36.8 Å². The molecule has 0 amide bonds. The molecule has 0 atom stereocenters. The fourth-order valence-electron chi connectivity index (χ4n) is 2.54. The van der Waals surface area contributed by atoms with Crippen LogP contribution in [0.15, 0.2) is 24.3 Å². The van der Waals surface area contributed by atoms with Gasteiger partial charge in [0.1, 0.15) is 11.6 Å². The number of aryl methyl sites for hydroxylation is 1. The van der Waals surface area contributed by atoms with E-state index in [0.717, 1.165) is 43.3 Å². The first-order valence-electron chi connectivity index (χ1n) is 6.69. The summed E-state index contributed by atoms with van der Waals surface area (Å²) < 4.78 is 5.28. The van der Waals surface area contributed by atoms with E-state index in [2.05, 4.69) is 29.3 Å². The quantitative estimate of drug-likeness (QED) is 0.892. The predicted molar refractivity (Wildman–Crippen MR) is 78.1 cm³/mol. The van der Waals surface area contributed by atoms with E-state index in [0.29, 0.717) is 0 Å². The number of hydrogen-bond acceptors (Lipinski definition) is 4. The molecular weight excluding hydrogens is 238 g/mol. The van der Waals surface area contributed by atoms with Crippen molar-refractivity contribution < 1.29 is 4.74 Å². The molecule has 4 nitrogen and oxygen atoms in total. The Morgan fingerprint density at radius 1 is 1.21 bits per heavy atom. The molecule has 1 N–H and O–H groups in total. The lowest BCUT2D eigenvalue weighted by atomic mass is 10.1. The molecule has 0 bridgehead atoms. The molecule has 0 aliphatic carbocycles. The van der Waals surface area contributed by atoms with Gasteiger partial charge in [0.05, 0.1) is 12.6 Å². The molecule has 1 aliphatic rings. The van der Waals surface area contributed by atoms with Crippen molar-refractivity contribution in [2.24, 2.45) is 0 Å². The van der Waals surface area contributed by atoms with Crippen LogP contribution in [0, 0.1) is 6.92 Å². The molecular formula is C15H19N3O. The van der Waals surface area contributed by atoms with Crippen molar-refractivity contribution >= 4 is 16.7 Å². The van der Waals surface area contributed by atoms with Crippen LogP contribution in [0.5, 0.6) is 5.75 Å². The molecule has 0 unspecified atom stereocenters. The second-order valence-electron chi connectivity index (χ2n) is 4.92. The van der Waals surface area contributed by atoms with Crippen LogP contribution in [0.4, 0.5) is 5.82 Å². The fourth-order valence-corrected chi connectivity index (χ4v) is 2.54. The van der Waals surface area contributed by atoms with Gasteiger partial charge in [0.2, 0.25) is 0 Å². The predicted octanol–water partition coefficient (Wildman–Crippen LogP) is 1.96. The van der Waals surface area contributed by atoms with Gasteiger partial charge in [-0.3, -0.25) is 0 Å². The van der Waals surface area contributed by atoms with Crippen LogP contribution in [0.2, 0.25) is 0 Å². The highest BCUT2D eigenvalue weighted by Gasteiger charge is 2.13. The summed E-state index contributed by atoms with van der Waals surface area (Å²) in [4.78, 5) is 7.12. The number of benzene rings is 1. The molecule has 100 valence electrons. The monoisotopic (exact) mass is 257 g/mol. The third kappa shape index (κ3) is 2.36. The lowest BCUT2D eigenvalue weighted by Gasteiger charge is -2.29. The Bertz CT molecular complexity index is 591. The number of nitrogens with one attached hydrogen (secondary N) is 1. The van der Waals surface area contributed by atoms with Gasteiger partial charge in [0, 0.05) is 31.6 Å². The first kappa shape index (κ1) is 12.2. The van der Waals surface area contributed by atoms with E-state index in [1.54, 1.807) is 7.11 Å². The van der Waals surface area contributed by atoms with Crippen molar-refractivity contribution in [3.05, 3.63) is 29.8 Å². The van der Waals surface area contributed by atoms with Crippen LogP contribution in [0.3, 0.4) is 0 Å². The Labute approximate surface area is 113 Å². The maximum absolute atomic E-state index is 5.28. The summed E-state index contributed by atoms with van der Waals surface area (Å²) in [6, 6.07) is 8.23. The van der Waals surface area contributed by atoms with E-state index in [9.17, 15) is 0 Å². The van der Waals surface area contributed by atoms with E-state index < -0.39 is 0 Å². The van der Waals surface area contributed by atoms with Gasteiger partial charge in [0.25, 0.3) is 0 Å². The summed E-state index contributed by atoms with van der Waals surface area (Å²) in [6.45, 7) is 6.24. The molecule has 2 heterocycles. The maximum atomic E-state index is 5.28. The molecule has 19 heavy (non-hydrogen) atoms. The van der Waals surface area contributed by atoms with Gasteiger partial charge >= 0.3 is 0 Å². The van der Waals surface area contributed by atoms with Crippen LogP contribution in [-0.2, 0) is 0 Å². The summed E-state index contributed by atoms with van der Waals surface area (Å²) in [6.07, 6.45) is 0. The van der Waals surface area contributed by atoms with Gasteiger partial charge in [-0.15, -0.1) is 0 Å². The number of methoxy groups -OCH3 is 1. The largest absolute Gasteiger partial charge is 0.497 e. The van der Waals surface area contributed by atoms with Crippen molar-refractivity contribution in [2.75, 3.05) is 38.2 Å². The van der Waals surface area contributed by atoms with Crippen LogP contribution >= 0.6 is 0 Å². The van der Waals surface area contributed by atoms with Gasteiger partial charge < -0.3 is 15.0 Å². The first-order valence-corrected chi connectivity index (χ1v) is 6.69. The van der Waals surface area contributed by atoms with Crippen molar-refractivity contribution in [3.63, 3.8) is 0 Å². The third-order valence-electron chi connectivity index (χ3n) is 3.65. The Hall–Kier alpha value is -1.81. The normalized spacial score (nSPS) is 15.8. The number of piperazine rings is 1. The topological polar surface area (TPSA) is 37.4 Å². The molecule has 2 aromatic rings. The fraction of sp³-hybridized carbons (Fsp3) is 0.400. The maximum Gasteiger partial charge on any atom is 0.129 e. The van der Waals surface area contributed by atoms with Crippen LogP contribution in [0.1, 0.15) is 5.56 Å². The molecule has 4 heteroatoms. The minimum absolute atomic E-state index is 0.882. The van der Waals surface area contributed by atoms with Gasteiger partial charge in [-0.2, -0.15) is 0 Å². The average molecular weight is 257 g/mol. The van der Waals surface area contributed by atoms with Crippen molar-refractivity contribution in [1.29, 1.82) is 0 Å². The molecule has 1 aliphatic heterocycles. The van der Waals surface area contributed by atoms with Crippen LogP contribution in [-0.4, -0.2) is 38.3 Å². The summed E-state index contributed by atoms with van der Waals surface area (Å²) in [5, 5.41) is 4.53. The van der Waals surface area contributed by atoms with E-state index in [1.807, 2.05) is 12.1 Å².